The number of benzene rings is 1. The molecule has 1 aromatic carbocycles. The van der Waals surface area contributed by atoms with Gasteiger partial charge in [-0.2, -0.15) is 0 Å². The second-order valence-electron chi connectivity index (χ2n) is 6.07. The highest BCUT2D eigenvalue weighted by Gasteiger charge is 2.35. The number of nitrogens with one attached hydrogen (secondary N) is 1. The molecule has 4 heteroatoms. The van der Waals surface area contributed by atoms with Crippen LogP contribution in [-0.2, 0) is 9.59 Å². The van der Waals surface area contributed by atoms with Crippen LogP contribution < -0.4 is 5.32 Å². The van der Waals surface area contributed by atoms with Gasteiger partial charge in [0.1, 0.15) is 0 Å². The van der Waals surface area contributed by atoms with Crippen LogP contribution in [0.25, 0.3) is 0 Å². The molecule has 0 heterocycles. The normalized spacial score (nSPS) is 22.0. The predicted octanol–water partition coefficient (Wildman–Crippen LogP) is 3.64. The molecule has 0 aromatic heterocycles. The van der Waals surface area contributed by atoms with Crippen molar-refractivity contribution in [1.29, 1.82) is 0 Å². The Bertz CT molecular complexity index is 525. The third-order valence-corrected chi connectivity index (χ3v) is 4.26. The average Bonchev–Trinajstić information content (AvgIpc) is 2.47. The number of carbonyl (C=O) groups excluding carboxylic acids is 1. The summed E-state index contributed by atoms with van der Waals surface area (Å²) in [7, 11) is 0. The summed E-state index contributed by atoms with van der Waals surface area (Å²) in [6.07, 6.45) is 3.07. The van der Waals surface area contributed by atoms with Crippen molar-refractivity contribution in [3.8, 4) is 0 Å². The van der Waals surface area contributed by atoms with Crippen molar-refractivity contribution in [3.05, 3.63) is 29.8 Å². The first-order valence-corrected chi connectivity index (χ1v) is 7.63. The summed E-state index contributed by atoms with van der Waals surface area (Å²) in [5, 5.41) is 12.2. The molecule has 0 spiro atoms. The molecule has 0 saturated heterocycles. The van der Waals surface area contributed by atoms with Crippen molar-refractivity contribution < 1.29 is 14.7 Å². The zero-order valence-electron chi connectivity index (χ0n) is 12.6. The van der Waals surface area contributed by atoms with E-state index >= 15 is 0 Å². The number of carboxylic acids is 1. The minimum absolute atomic E-state index is 0.157. The molecule has 0 unspecified atom stereocenters. The fourth-order valence-corrected chi connectivity index (χ4v) is 3.08. The van der Waals surface area contributed by atoms with E-state index in [0.717, 1.165) is 24.1 Å². The Balaban J connectivity index is 2.15. The molecule has 2 N–H and O–H groups in total. The topological polar surface area (TPSA) is 66.4 Å². The third-order valence-electron chi connectivity index (χ3n) is 4.26. The Morgan fingerprint density at radius 1 is 1.14 bits per heavy atom. The molecule has 1 aromatic rings. The van der Waals surface area contributed by atoms with Crippen LogP contribution in [0.15, 0.2) is 24.3 Å². The lowest BCUT2D eigenvalue weighted by molar-refractivity contribution is -0.147. The van der Waals surface area contributed by atoms with Gasteiger partial charge in [0, 0.05) is 5.69 Å². The van der Waals surface area contributed by atoms with Gasteiger partial charge in [0.25, 0.3) is 0 Å². The van der Waals surface area contributed by atoms with E-state index in [1.54, 1.807) is 0 Å². The Morgan fingerprint density at radius 2 is 1.76 bits per heavy atom. The number of hydrogen-bond donors (Lipinski definition) is 2. The largest absolute Gasteiger partial charge is 0.481 e. The minimum atomic E-state index is -0.855. The average molecular weight is 289 g/mol. The number of carboxylic acid groups (broad SMARTS) is 1. The van der Waals surface area contributed by atoms with Gasteiger partial charge in [-0.3, -0.25) is 9.59 Å². The lowest BCUT2D eigenvalue weighted by Crippen LogP contribution is -2.36. The monoisotopic (exact) mass is 289 g/mol. The smallest absolute Gasteiger partial charge is 0.307 e. The fourth-order valence-electron chi connectivity index (χ4n) is 3.08. The molecular formula is C17H23NO3. The van der Waals surface area contributed by atoms with Gasteiger partial charge in [0.2, 0.25) is 5.91 Å². The molecule has 0 radical (unpaired) electrons. The van der Waals surface area contributed by atoms with Gasteiger partial charge in [0.15, 0.2) is 0 Å². The second-order valence-corrected chi connectivity index (χ2v) is 6.07. The number of rotatable bonds is 4. The van der Waals surface area contributed by atoms with Gasteiger partial charge in [0.05, 0.1) is 11.8 Å². The summed E-state index contributed by atoms with van der Waals surface area (Å²) < 4.78 is 0. The lowest BCUT2D eigenvalue weighted by atomic mass is 9.78. The van der Waals surface area contributed by atoms with E-state index in [0.29, 0.717) is 18.8 Å². The van der Waals surface area contributed by atoms with E-state index in [1.807, 2.05) is 24.3 Å². The number of anilines is 1. The summed E-state index contributed by atoms with van der Waals surface area (Å²) >= 11 is 0. The van der Waals surface area contributed by atoms with Crippen LogP contribution in [0.2, 0.25) is 0 Å². The molecule has 4 nitrogen and oxygen atoms in total. The summed E-state index contributed by atoms with van der Waals surface area (Å²) in [6, 6.07) is 7.71. The lowest BCUT2D eigenvalue weighted by Gasteiger charge is -2.28. The van der Waals surface area contributed by atoms with Crippen molar-refractivity contribution >= 4 is 17.6 Å². The SMILES string of the molecule is CC(C)c1ccccc1NC(=O)[C@H]1CCCC[C@@H]1C(=O)O. The molecule has 2 rings (SSSR count). The molecule has 1 aliphatic rings. The zero-order valence-corrected chi connectivity index (χ0v) is 12.6. The van der Waals surface area contributed by atoms with E-state index in [2.05, 4.69) is 19.2 Å². The van der Waals surface area contributed by atoms with Gasteiger partial charge >= 0.3 is 5.97 Å². The van der Waals surface area contributed by atoms with Crippen molar-refractivity contribution in [1.82, 2.24) is 0 Å². The molecule has 1 fully saturated rings. The van der Waals surface area contributed by atoms with Crippen molar-refractivity contribution in [3.63, 3.8) is 0 Å². The maximum absolute atomic E-state index is 12.5. The molecule has 21 heavy (non-hydrogen) atoms. The van der Waals surface area contributed by atoms with E-state index in [4.69, 9.17) is 0 Å². The second kappa shape index (κ2) is 6.74. The van der Waals surface area contributed by atoms with Crippen LogP contribution >= 0.6 is 0 Å². The number of aliphatic carboxylic acids is 1. The summed E-state index contributed by atoms with van der Waals surface area (Å²) in [5.41, 5.74) is 1.88. The van der Waals surface area contributed by atoms with E-state index < -0.39 is 17.8 Å². The quantitative estimate of drug-likeness (QED) is 0.889. The molecule has 114 valence electrons. The molecule has 2 atom stereocenters. The highest BCUT2D eigenvalue weighted by Crippen LogP contribution is 2.32. The van der Waals surface area contributed by atoms with Crippen LogP contribution in [-0.4, -0.2) is 17.0 Å². The summed E-state index contributed by atoms with van der Waals surface area (Å²) in [5.74, 6) is -1.67. The van der Waals surface area contributed by atoms with Crippen LogP contribution in [0, 0.1) is 11.8 Å². The van der Waals surface area contributed by atoms with Crippen LogP contribution in [0.5, 0.6) is 0 Å². The molecule has 1 aliphatic carbocycles. The van der Waals surface area contributed by atoms with Crippen LogP contribution in [0.1, 0.15) is 51.0 Å². The summed E-state index contributed by atoms with van der Waals surface area (Å²) in [6.45, 7) is 4.15. The van der Waals surface area contributed by atoms with E-state index in [-0.39, 0.29) is 5.91 Å². The predicted molar refractivity (Wildman–Crippen MR) is 82.2 cm³/mol. The number of carbonyl (C=O) groups is 2. The molecule has 0 bridgehead atoms. The van der Waals surface area contributed by atoms with Crippen molar-refractivity contribution in [2.75, 3.05) is 5.32 Å². The maximum atomic E-state index is 12.5. The maximum Gasteiger partial charge on any atom is 0.307 e. The van der Waals surface area contributed by atoms with Crippen molar-refractivity contribution in [2.24, 2.45) is 11.8 Å². The Labute approximate surface area is 125 Å². The number of para-hydroxylation sites is 1. The molecule has 1 amide bonds. The van der Waals surface area contributed by atoms with E-state index in [1.165, 1.54) is 0 Å². The van der Waals surface area contributed by atoms with Crippen molar-refractivity contribution in [2.45, 2.75) is 45.4 Å². The summed E-state index contributed by atoms with van der Waals surface area (Å²) in [4.78, 5) is 23.8. The van der Waals surface area contributed by atoms with Gasteiger partial charge in [-0.05, 0) is 30.4 Å². The highest BCUT2D eigenvalue weighted by molar-refractivity contribution is 5.95. The Hall–Kier alpha value is -1.84. The standard InChI is InChI=1S/C17H23NO3/c1-11(2)12-7-5-6-10-15(12)18-16(19)13-8-3-4-9-14(13)17(20)21/h5-7,10-11,13-14H,3-4,8-9H2,1-2H3,(H,18,19)(H,20,21)/t13-,14-/m0/s1. The minimum Gasteiger partial charge on any atom is -0.481 e. The van der Waals surface area contributed by atoms with E-state index in [9.17, 15) is 14.7 Å². The molecule has 0 aliphatic heterocycles. The molecular weight excluding hydrogens is 266 g/mol. The Morgan fingerprint density at radius 3 is 2.38 bits per heavy atom. The van der Waals surface area contributed by atoms with Gasteiger partial charge < -0.3 is 10.4 Å². The number of hydrogen-bond acceptors (Lipinski definition) is 2. The van der Waals surface area contributed by atoms with Gasteiger partial charge in [-0.25, -0.2) is 0 Å². The first-order chi connectivity index (χ1) is 10.0. The Kier molecular flexibility index (Phi) is 4.99. The van der Waals surface area contributed by atoms with Crippen LogP contribution in [0.4, 0.5) is 5.69 Å². The number of amides is 1. The van der Waals surface area contributed by atoms with Gasteiger partial charge in [-0.1, -0.05) is 44.9 Å². The van der Waals surface area contributed by atoms with Crippen LogP contribution in [0.3, 0.4) is 0 Å². The molecule has 1 saturated carbocycles. The van der Waals surface area contributed by atoms with Gasteiger partial charge in [-0.15, -0.1) is 0 Å². The first kappa shape index (κ1) is 15.5. The highest BCUT2D eigenvalue weighted by atomic mass is 16.4. The first-order valence-electron chi connectivity index (χ1n) is 7.63. The third kappa shape index (κ3) is 3.63. The zero-order chi connectivity index (χ0) is 15.4. The fraction of sp³-hybridized carbons (Fsp3) is 0.529.